The van der Waals surface area contributed by atoms with E-state index in [4.69, 9.17) is 4.74 Å². The molecule has 0 bridgehead atoms. The summed E-state index contributed by atoms with van der Waals surface area (Å²) in [6.07, 6.45) is 8.61. The fourth-order valence-corrected chi connectivity index (χ4v) is 3.87. The lowest BCUT2D eigenvalue weighted by molar-refractivity contribution is 0.0623. The Bertz CT molecular complexity index is 233. The van der Waals surface area contributed by atoms with Crippen molar-refractivity contribution in [2.24, 2.45) is 17.8 Å². The van der Waals surface area contributed by atoms with Gasteiger partial charge in [-0.05, 0) is 62.8 Å². The molecule has 0 spiro atoms. The molecule has 4 unspecified atom stereocenters. The number of rotatable bonds is 5. The average molecular weight is 253 g/mol. The molecule has 1 saturated carbocycles. The molecule has 18 heavy (non-hydrogen) atoms. The lowest BCUT2D eigenvalue weighted by Gasteiger charge is -2.39. The fourth-order valence-electron chi connectivity index (χ4n) is 3.87. The first-order valence-corrected chi connectivity index (χ1v) is 8.05. The first-order chi connectivity index (χ1) is 8.70. The maximum Gasteiger partial charge on any atom is 0.0579 e. The van der Waals surface area contributed by atoms with Crippen LogP contribution in [0.25, 0.3) is 0 Å². The molecule has 1 saturated heterocycles. The molecule has 1 heterocycles. The summed E-state index contributed by atoms with van der Waals surface area (Å²) in [6.45, 7) is 9.12. The van der Waals surface area contributed by atoms with Crippen molar-refractivity contribution in [2.45, 2.75) is 71.4 Å². The average Bonchev–Trinajstić information content (AvgIpc) is 2.84. The standard InChI is InChI=1S/C16H31NO/c1-4-17-16-8-7-13(12(2)3)10-14(16)11-15-6-5-9-18-15/h12-17H,4-11H2,1-3H3. The molecule has 2 rings (SSSR count). The van der Waals surface area contributed by atoms with E-state index in [1.54, 1.807) is 0 Å². The van der Waals surface area contributed by atoms with E-state index >= 15 is 0 Å². The Kier molecular flexibility index (Phi) is 5.50. The molecule has 1 N–H and O–H groups in total. The normalized spacial score (nSPS) is 37.3. The van der Waals surface area contributed by atoms with Gasteiger partial charge in [-0.1, -0.05) is 20.8 Å². The number of hydrogen-bond donors (Lipinski definition) is 1. The van der Waals surface area contributed by atoms with Gasteiger partial charge in [-0.25, -0.2) is 0 Å². The van der Waals surface area contributed by atoms with Crippen LogP contribution in [0.4, 0.5) is 0 Å². The van der Waals surface area contributed by atoms with E-state index in [0.717, 1.165) is 36.9 Å². The van der Waals surface area contributed by atoms with Crippen LogP contribution in [0, 0.1) is 17.8 Å². The van der Waals surface area contributed by atoms with Crippen molar-refractivity contribution in [2.75, 3.05) is 13.2 Å². The van der Waals surface area contributed by atoms with Gasteiger partial charge in [0.05, 0.1) is 6.10 Å². The maximum atomic E-state index is 5.85. The zero-order valence-electron chi connectivity index (χ0n) is 12.5. The largest absolute Gasteiger partial charge is 0.378 e. The summed E-state index contributed by atoms with van der Waals surface area (Å²) in [4.78, 5) is 0. The van der Waals surface area contributed by atoms with Crippen molar-refractivity contribution < 1.29 is 4.74 Å². The Morgan fingerprint density at radius 2 is 2.06 bits per heavy atom. The summed E-state index contributed by atoms with van der Waals surface area (Å²) in [5.74, 6) is 2.63. The molecule has 0 amide bonds. The quantitative estimate of drug-likeness (QED) is 0.808. The molecule has 2 heteroatoms. The summed E-state index contributed by atoms with van der Waals surface area (Å²) < 4.78 is 5.85. The summed E-state index contributed by atoms with van der Waals surface area (Å²) in [5, 5.41) is 3.71. The Morgan fingerprint density at radius 3 is 2.67 bits per heavy atom. The van der Waals surface area contributed by atoms with Crippen molar-refractivity contribution in [3.05, 3.63) is 0 Å². The predicted molar refractivity (Wildman–Crippen MR) is 76.7 cm³/mol. The molecule has 2 fully saturated rings. The smallest absolute Gasteiger partial charge is 0.0579 e. The molecule has 106 valence electrons. The third-order valence-electron chi connectivity index (χ3n) is 5.02. The predicted octanol–water partition coefficient (Wildman–Crippen LogP) is 3.61. The van der Waals surface area contributed by atoms with Gasteiger partial charge in [0.2, 0.25) is 0 Å². The van der Waals surface area contributed by atoms with E-state index in [2.05, 4.69) is 26.1 Å². The van der Waals surface area contributed by atoms with Gasteiger partial charge in [-0.2, -0.15) is 0 Å². The van der Waals surface area contributed by atoms with E-state index in [1.165, 1.54) is 38.5 Å². The van der Waals surface area contributed by atoms with Crippen LogP contribution in [0.2, 0.25) is 0 Å². The van der Waals surface area contributed by atoms with Gasteiger partial charge in [0.1, 0.15) is 0 Å². The Morgan fingerprint density at radius 1 is 1.22 bits per heavy atom. The highest BCUT2D eigenvalue weighted by Crippen LogP contribution is 2.37. The molecule has 4 atom stereocenters. The van der Waals surface area contributed by atoms with Gasteiger partial charge in [-0.15, -0.1) is 0 Å². The van der Waals surface area contributed by atoms with Gasteiger partial charge < -0.3 is 10.1 Å². The van der Waals surface area contributed by atoms with Crippen LogP contribution in [0.15, 0.2) is 0 Å². The summed E-state index contributed by atoms with van der Waals surface area (Å²) >= 11 is 0. The van der Waals surface area contributed by atoms with Crippen molar-refractivity contribution in [1.82, 2.24) is 5.32 Å². The summed E-state index contributed by atoms with van der Waals surface area (Å²) in [6, 6.07) is 0.745. The van der Waals surface area contributed by atoms with Crippen molar-refractivity contribution >= 4 is 0 Å². The van der Waals surface area contributed by atoms with Crippen LogP contribution < -0.4 is 5.32 Å². The van der Waals surface area contributed by atoms with E-state index < -0.39 is 0 Å². The molecule has 0 aromatic heterocycles. The van der Waals surface area contributed by atoms with Crippen molar-refractivity contribution in [1.29, 1.82) is 0 Å². The Hall–Kier alpha value is -0.0800. The minimum absolute atomic E-state index is 0.557. The molecule has 0 aromatic carbocycles. The minimum atomic E-state index is 0.557. The van der Waals surface area contributed by atoms with Crippen LogP contribution in [-0.2, 0) is 4.74 Å². The summed E-state index contributed by atoms with van der Waals surface area (Å²) in [5.41, 5.74) is 0. The van der Waals surface area contributed by atoms with E-state index in [9.17, 15) is 0 Å². The lowest BCUT2D eigenvalue weighted by atomic mass is 9.71. The monoisotopic (exact) mass is 253 g/mol. The minimum Gasteiger partial charge on any atom is -0.378 e. The second kappa shape index (κ2) is 6.91. The van der Waals surface area contributed by atoms with Gasteiger partial charge in [-0.3, -0.25) is 0 Å². The Balaban J connectivity index is 1.90. The molecule has 2 nitrogen and oxygen atoms in total. The molecule has 0 radical (unpaired) electrons. The SMILES string of the molecule is CCNC1CCC(C(C)C)CC1CC1CCCO1. The molecule has 2 aliphatic rings. The van der Waals surface area contributed by atoms with Crippen LogP contribution in [0.3, 0.4) is 0 Å². The van der Waals surface area contributed by atoms with Crippen LogP contribution in [0.5, 0.6) is 0 Å². The first-order valence-electron chi connectivity index (χ1n) is 8.05. The van der Waals surface area contributed by atoms with Crippen LogP contribution >= 0.6 is 0 Å². The third kappa shape index (κ3) is 3.71. The van der Waals surface area contributed by atoms with Crippen LogP contribution in [0.1, 0.15) is 59.3 Å². The number of hydrogen-bond acceptors (Lipinski definition) is 2. The second-order valence-corrected chi connectivity index (χ2v) is 6.61. The zero-order valence-corrected chi connectivity index (χ0v) is 12.5. The van der Waals surface area contributed by atoms with Gasteiger partial charge in [0.25, 0.3) is 0 Å². The summed E-state index contributed by atoms with van der Waals surface area (Å²) in [7, 11) is 0. The van der Waals surface area contributed by atoms with Gasteiger partial charge in [0, 0.05) is 12.6 Å². The Labute approximate surface area is 113 Å². The van der Waals surface area contributed by atoms with E-state index in [0.29, 0.717) is 6.10 Å². The zero-order chi connectivity index (χ0) is 13.0. The second-order valence-electron chi connectivity index (χ2n) is 6.61. The molecular formula is C16H31NO. The number of ether oxygens (including phenoxy) is 1. The lowest BCUT2D eigenvalue weighted by Crippen LogP contribution is -2.42. The molecule has 1 aliphatic heterocycles. The topological polar surface area (TPSA) is 21.3 Å². The van der Waals surface area contributed by atoms with E-state index in [-0.39, 0.29) is 0 Å². The highest BCUT2D eigenvalue weighted by molar-refractivity contribution is 4.87. The molecule has 1 aliphatic carbocycles. The molecular weight excluding hydrogens is 222 g/mol. The van der Waals surface area contributed by atoms with E-state index in [1.807, 2.05) is 0 Å². The van der Waals surface area contributed by atoms with Crippen LogP contribution in [-0.4, -0.2) is 25.3 Å². The highest BCUT2D eigenvalue weighted by Gasteiger charge is 2.33. The number of nitrogens with one attached hydrogen (secondary N) is 1. The molecule has 0 aromatic rings. The maximum absolute atomic E-state index is 5.85. The van der Waals surface area contributed by atoms with Crippen molar-refractivity contribution in [3.8, 4) is 0 Å². The third-order valence-corrected chi connectivity index (χ3v) is 5.02. The highest BCUT2D eigenvalue weighted by atomic mass is 16.5. The van der Waals surface area contributed by atoms with Gasteiger partial charge in [0.15, 0.2) is 0 Å². The fraction of sp³-hybridized carbons (Fsp3) is 1.00. The van der Waals surface area contributed by atoms with Gasteiger partial charge >= 0.3 is 0 Å². The first kappa shape index (κ1) is 14.3. The van der Waals surface area contributed by atoms with Crippen molar-refractivity contribution in [3.63, 3.8) is 0 Å².